The Balaban J connectivity index is 0.000000156. The van der Waals surface area contributed by atoms with Gasteiger partial charge in [-0.25, -0.2) is 29.9 Å². The molecule has 0 radical (unpaired) electrons. The third-order valence-corrected chi connectivity index (χ3v) is 5.95. The molecule has 4 aromatic heterocycles. The number of aryl methyl sites for hydroxylation is 2. The van der Waals surface area contributed by atoms with Crippen molar-refractivity contribution < 1.29 is 2.74 Å². The first-order valence-electron chi connectivity index (χ1n) is 12.3. The molecule has 6 rings (SSSR count). The first-order valence-corrected chi connectivity index (χ1v) is 12.1. The highest BCUT2D eigenvalue weighted by Gasteiger charge is 2.10. The lowest BCUT2D eigenvalue weighted by atomic mass is 10.2. The zero-order valence-corrected chi connectivity index (χ0v) is 22.5. The zero-order valence-electron chi connectivity index (χ0n) is 23.0. The number of benzene rings is 2. The molecule has 10 nitrogen and oxygen atoms in total. The summed E-state index contributed by atoms with van der Waals surface area (Å²) in [5.74, 6) is 9.78. The Labute approximate surface area is 236 Å². The van der Waals surface area contributed by atoms with E-state index in [1.807, 2.05) is 14.1 Å². The number of nitrogens with two attached hydrogens (primary N) is 2. The van der Waals surface area contributed by atoms with E-state index in [4.69, 9.17) is 20.6 Å². The molecule has 39 heavy (non-hydrogen) atoms. The van der Waals surface area contributed by atoms with Crippen molar-refractivity contribution in [2.45, 2.75) is 0 Å². The summed E-state index contributed by atoms with van der Waals surface area (Å²) in [6.45, 7) is 0. The maximum Gasteiger partial charge on any atom is 0.187 e. The number of halogens is 1. The number of anilines is 2. The molecular weight excluding hydrogens is 556 g/mol. The van der Waals surface area contributed by atoms with Gasteiger partial charge in [0, 0.05) is 25.2 Å². The number of fused-ring (bicyclic) bond motifs is 2. The fraction of sp³-hybridized carbons (Fsp3) is 0.0714. The summed E-state index contributed by atoms with van der Waals surface area (Å²) in [6.07, 6.45) is 7.92. The van der Waals surface area contributed by atoms with E-state index < -0.39 is 0 Å². The third kappa shape index (κ3) is 6.36. The highest BCUT2D eigenvalue weighted by atomic mass is 79.9. The zero-order chi connectivity index (χ0) is 29.5. The lowest BCUT2D eigenvalue weighted by molar-refractivity contribution is 0.896. The van der Waals surface area contributed by atoms with Crippen molar-refractivity contribution >= 4 is 49.9 Å². The normalized spacial score (nSPS) is 10.6. The summed E-state index contributed by atoms with van der Waals surface area (Å²) >= 11 is 3.27. The number of terminal acetylenes is 1. The standard InChI is InChI=1S/C14H11N5.C8H6.C6H6BrN5/c1-19-11(8-7-10-5-3-2-4-6-10)18-12-13(15)16-9-17-14(12)19;1-2-8-6-4-3-5-7-8;1-12-5-3(11-6(12)7)4(8)9-2-10-5/h2-6,9H,1H3,(H2,15,16,17);1,3-7H;2H,1H3,(H2,8,9,10)/i2T;3T;. The number of nitrogen functional groups attached to an aromatic ring is 2. The minimum Gasteiger partial charge on any atom is -0.382 e. The number of hydrogen-bond acceptors (Lipinski definition) is 8. The molecule has 0 bridgehead atoms. The van der Waals surface area contributed by atoms with Crippen LogP contribution in [0.25, 0.3) is 22.3 Å². The second-order valence-electron chi connectivity index (χ2n) is 7.77. The summed E-state index contributed by atoms with van der Waals surface area (Å²) in [4.78, 5) is 24.4. The van der Waals surface area contributed by atoms with Gasteiger partial charge in [0.1, 0.15) is 12.7 Å². The van der Waals surface area contributed by atoms with E-state index in [-0.39, 0.29) is 0 Å². The average Bonchev–Trinajstić information content (AvgIpc) is 3.46. The summed E-state index contributed by atoms with van der Waals surface area (Å²) in [7, 11) is 3.69. The van der Waals surface area contributed by atoms with Crippen LogP contribution in [0.5, 0.6) is 0 Å². The molecule has 0 aliphatic rings. The van der Waals surface area contributed by atoms with Crippen LogP contribution in [0.2, 0.25) is 0 Å². The van der Waals surface area contributed by atoms with Crippen LogP contribution in [-0.2, 0) is 14.1 Å². The first-order chi connectivity index (χ1) is 19.7. The third-order valence-electron chi connectivity index (χ3n) is 5.24. The maximum absolute atomic E-state index is 7.43. The monoisotopic (exact) mass is 582 g/mol. The first kappa shape index (κ1) is 24.1. The van der Waals surface area contributed by atoms with Gasteiger partial charge in [-0.1, -0.05) is 48.2 Å². The van der Waals surface area contributed by atoms with Gasteiger partial charge >= 0.3 is 0 Å². The van der Waals surface area contributed by atoms with E-state index in [9.17, 15) is 0 Å². The SMILES string of the molecule is Cn1c(Br)nc2c(N)ncnc21.[3H]c1ccc(C#C)cc1.[3H]c1ccc(C#Cc2nc3c(N)ncnc3n2C)cc1. The maximum atomic E-state index is 7.43. The van der Waals surface area contributed by atoms with E-state index in [0.29, 0.717) is 51.0 Å². The molecule has 0 unspecified atom stereocenters. The van der Waals surface area contributed by atoms with Crippen molar-refractivity contribution in [3.8, 4) is 24.2 Å². The Bertz CT molecular complexity index is 1930. The molecule has 4 heterocycles. The van der Waals surface area contributed by atoms with Crippen LogP contribution in [0.3, 0.4) is 0 Å². The van der Waals surface area contributed by atoms with Gasteiger partial charge in [0.15, 0.2) is 44.5 Å². The van der Waals surface area contributed by atoms with Crippen LogP contribution in [0.1, 0.15) is 19.7 Å². The van der Waals surface area contributed by atoms with E-state index in [1.165, 1.54) is 12.7 Å². The van der Waals surface area contributed by atoms with Crippen molar-refractivity contribution in [1.29, 1.82) is 0 Å². The van der Waals surface area contributed by atoms with E-state index >= 15 is 0 Å². The molecule has 4 N–H and O–H groups in total. The molecule has 0 atom stereocenters. The second-order valence-corrected chi connectivity index (χ2v) is 8.48. The van der Waals surface area contributed by atoms with Gasteiger partial charge in [-0.15, -0.1) is 6.42 Å². The molecule has 11 heteroatoms. The molecule has 0 fully saturated rings. The quantitative estimate of drug-likeness (QED) is 0.204. The van der Waals surface area contributed by atoms with E-state index in [1.54, 1.807) is 57.7 Å². The Morgan fingerprint density at radius 1 is 0.769 bits per heavy atom. The van der Waals surface area contributed by atoms with Crippen molar-refractivity contribution in [2.75, 3.05) is 11.5 Å². The highest BCUT2D eigenvalue weighted by Crippen LogP contribution is 2.19. The number of imidazole rings is 2. The number of rotatable bonds is 0. The van der Waals surface area contributed by atoms with Crippen molar-refractivity contribution in [3.05, 3.63) is 95.0 Å². The molecule has 0 saturated heterocycles. The molecule has 2 aromatic carbocycles. The molecule has 0 saturated carbocycles. The van der Waals surface area contributed by atoms with E-state index in [0.717, 1.165) is 16.8 Å². The minimum absolute atomic E-state index is 0.345. The molecule has 0 amide bonds. The van der Waals surface area contributed by atoms with E-state index in [2.05, 4.69) is 63.6 Å². The summed E-state index contributed by atoms with van der Waals surface area (Å²) < 4.78 is 18.8. The smallest absolute Gasteiger partial charge is 0.187 e. The van der Waals surface area contributed by atoms with Crippen molar-refractivity contribution in [3.63, 3.8) is 0 Å². The van der Waals surface area contributed by atoms with Crippen LogP contribution < -0.4 is 11.5 Å². The fourth-order valence-corrected chi connectivity index (χ4v) is 3.54. The van der Waals surface area contributed by atoms with Crippen molar-refractivity contribution in [2.24, 2.45) is 14.1 Å². The second kappa shape index (κ2) is 12.3. The minimum atomic E-state index is 0.345. The lowest BCUT2D eigenvalue weighted by Crippen LogP contribution is -1.95. The fourth-order valence-electron chi connectivity index (χ4n) is 3.20. The van der Waals surface area contributed by atoms with Crippen LogP contribution in [0.4, 0.5) is 11.6 Å². The van der Waals surface area contributed by atoms with Gasteiger partial charge in [0.25, 0.3) is 0 Å². The molecule has 0 aliphatic carbocycles. The Kier molecular flexibility index (Phi) is 7.61. The summed E-state index contributed by atoms with van der Waals surface area (Å²) in [5, 5.41) is 0. The van der Waals surface area contributed by atoms with Crippen LogP contribution in [0.15, 0.2) is 78.0 Å². The lowest BCUT2D eigenvalue weighted by Gasteiger charge is -1.94. The largest absolute Gasteiger partial charge is 0.382 e. The van der Waals surface area contributed by atoms with Gasteiger partial charge in [0.05, 0.1) is 2.74 Å². The predicted octanol–water partition coefficient (Wildman–Crippen LogP) is 3.72. The molecule has 0 aliphatic heterocycles. The Morgan fingerprint density at radius 2 is 1.28 bits per heavy atom. The summed E-state index contributed by atoms with van der Waals surface area (Å²) in [5.41, 5.74) is 15.6. The van der Waals surface area contributed by atoms with Gasteiger partial charge in [-0.05, 0) is 46.1 Å². The number of nitrogens with zero attached hydrogens (tertiary/aromatic N) is 8. The highest BCUT2D eigenvalue weighted by molar-refractivity contribution is 9.10. The Morgan fingerprint density at radius 3 is 1.79 bits per heavy atom. The molecule has 0 spiro atoms. The molecule has 192 valence electrons. The summed E-state index contributed by atoms with van der Waals surface area (Å²) in [6, 6.07) is 14.8. The van der Waals surface area contributed by atoms with Crippen LogP contribution in [0, 0.1) is 24.2 Å². The van der Waals surface area contributed by atoms with Gasteiger partial charge in [0.2, 0.25) is 0 Å². The van der Waals surface area contributed by atoms with Gasteiger partial charge in [-0.3, -0.25) is 0 Å². The van der Waals surface area contributed by atoms with Crippen LogP contribution >= 0.6 is 15.9 Å². The molecular formula is C28H23BrN10. The van der Waals surface area contributed by atoms with Crippen molar-refractivity contribution in [1.82, 2.24) is 39.0 Å². The number of aromatic nitrogens is 8. The van der Waals surface area contributed by atoms with Gasteiger partial charge in [-0.2, -0.15) is 0 Å². The molecule has 6 aromatic rings. The topological polar surface area (TPSA) is 139 Å². The van der Waals surface area contributed by atoms with Gasteiger partial charge < -0.3 is 20.6 Å². The van der Waals surface area contributed by atoms with Crippen LogP contribution in [-0.4, -0.2) is 39.0 Å². The number of hydrogen-bond donors (Lipinski definition) is 2. The average molecular weight is 583 g/mol. The Hall–Kier alpha value is -5.26. The predicted molar refractivity (Wildman–Crippen MR) is 156 cm³/mol.